The van der Waals surface area contributed by atoms with Gasteiger partial charge in [0, 0.05) is 6.04 Å². The molecule has 0 heterocycles. The number of hydrogen-bond acceptors (Lipinski definition) is 2. The maximum Gasteiger partial charge on any atom is 0.00355 e. The third-order valence-corrected chi connectivity index (χ3v) is 2.37. The summed E-state index contributed by atoms with van der Waals surface area (Å²) in [5.74, 6) is 1.03. The average molecular weight is 175 g/mol. The summed E-state index contributed by atoms with van der Waals surface area (Å²) in [5.41, 5.74) is 0. The maximum atomic E-state index is 4.17. The van der Waals surface area contributed by atoms with Gasteiger partial charge in [-0.05, 0) is 46.0 Å². The molecule has 0 rings (SSSR count). The molecular formula is C9H21NS. The van der Waals surface area contributed by atoms with E-state index in [4.69, 9.17) is 0 Å². The van der Waals surface area contributed by atoms with E-state index in [1.807, 2.05) is 0 Å². The standard InChI is InChI=1S/C9H21NS/c1-9(2)10(3)7-5-4-6-8-11/h9,11H,4-8H2,1-3H3. The molecule has 0 atom stereocenters. The molecule has 0 saturated heterocycles. The molecule has 0 aromatic rings. The van der Waals surface area contributed by atoms with E-state index in [0.717, 1.165) is 5.75 Å². The summed E-state index contributed by atoms with van der Waals surface area (Å²) in [6, 6.07) is 0.686. The third kappa shape index (κ3) is 6.70. The van der Waals surface area contributed by atoms with Gasteiger partial charge in [-0.2, -0.15) is 12.6 Å². The van der Waals surface area contributed by atoms with Gasteiger partial charge in [0.25, 0.3) is 0 Å². The zero-order valence-electron chi connectivity index (χ0n) is 8.01. The average Bonchev–Trinajstić information content (AvgIpc) is 1.97. The Hall–Kier alpha value is 0.310. The summed E-state index contributed by atoms with van der Waals surface area (Å²) >= 11 is 4.17. The van der Waals surface area contributed by atoms with Crippen LogP contribution in [0.3, 0.4) is 0 Å². The fourth-order valence-corrected chi connectivity index (χ4v) is 1.13. The highest BCUT2D eigenvalue weighted by atomic mass is 32.1. The molecule has 0 saturated carbocycles. The van der Waals surface area contributed by atoms with Gasteiger partial charge in [-0.15, -0.1) is 0 Å². The van der Waals surface area contributed by atoms with Gasteiger partial charge in [0.05, 0.1) is 0 Å². The van der Waals surface area contributed by atoms with Crippen molar-refractivity contribution in [2.45, 2.75) is 39.2 Å². The van der Waals surface area contributed by atoms with Crippen molar-refractivity contribution in [2.75, 3.05) is 19.3 Å². The molecule has 11 heavy (non-hydrogen) atoms. The predicted molar refractivity (Wildman–Crippen MR) is 55.5 cm³/mol. The monoisotopic (exact) mass is 175 g/mol. The van der Waals surface area contributed by atoms with E-state index < -0.39 is 0 Å². The van der Waals surface area contributed by atoms with Gasteiger partial charge in [0.1, 0.15) is 0 Å². The topological polar surface area (TPSA) is 3.24 Å². The Morgan fingerprint density at radius 2 is 1.82 bits per heavy atom. The highest BCUT2D eigenvalue weighted by Gasteiger charge is 2.00. The van der Waals surface area contributed by atoms with E-state index >= 15 is 0 Å². The van der Waals surface area contributed by atoms with Gasteiger partial charge in [-0.1, -0.05) is 6.42 Å². The zero-order valence-corrected chi connectivity index (χ0v) is 8.90. The Balaban J connectivity index is 3.10. The van der Waals surface area contributed by atoms with Gasteiger partial charge in [0.2, 0.25) is 0 Å². The second kappa shape index (κ2) is 6.99. The largest absolute Gasteiger partial charge is 0.304 e. The molecule has 0 radical (unpaired) electrons. The molecule has 0 N–H and O–H groups in total. The molecule has 2 heteroatoms. The van der Waals surface area contributed by atoms with Crippen molar-refractivity contribution >= 4 is 12.6 Å². The van der Waals surface area contributed by atoms with Crippen molar-refractivity contribution in [2.24, 2.45) is 0 Å². The van der Waals surface area contributed by atoms with Crippen LogP contribution in [-0.2, 0) is 0 Å². The van der Waals surface area contributed by atoms with Gasteiger partial charge in [-0.25, -0.2) is 0 Å². The first-order valence-corrected chi connectivity index (χ1v) is 5.13. The number of thiol groups is 1. The third-order valence-electron chi connectivity index (χ3n) is 2.05. The van der Waals surface area contributed by atoms with E-state index in [-0.39, 0.29) is 0 Å². The van der Waals surface area contributed by atoms with Crippen LogP contribution in [0.1, 0.15) is 33.1 Å². The maximum absolute atomic E-state index is 4.17. The molecule has 0 aliphatic heterocycles. The number of hydrogen-bond donors (Lipinski definition) is 1. The molecular weight excluding hydrogens is 154 g/mol. The zero-order chi connectivity index (χ0) is 8.69. The minimum atomic E-state index is 0.686. The molecule has 1 nitrogen and oxygen atoms in total. The van der Waals surface area contributed by atoms with Crippen LogP contribution in [0.4, 0.5) is 0 Å². The van der Waals surface area contributed by atoms with Crippen molar-refractivity contribution in [1.29, 1.82) is 0 Å². The van der Waals surface area contributed by atoms with Gasteiger partial charge >= 0.3 is 0 Å². The van der Waals surface area contributed by atoms with Crippen LogP contribution in [0.2, 0.25) is 0 Å². The quantitative estimate of drug-likeness (QED) is 0.479. The first-order chi connectivity index (χ1) is 5.18. The summed E-state index contributed by atoms with van der Waals surface area (Å²) in [4.78, 5) is 2.39. The van der Waals surface area contributed by atoms with Crippen LogP contribution in [0.15, 0.2) is 0 Å². The molecule has 0 spiro atoms. The lowest BCUT2D eigenvalue weighted by Crippen LogP contribution is -2.27. The van der Waals surface area contributed by atoms with Crippen LogP contribution in [0.5, 0.6) is 0 Å². The fraction of sp³-hybridized carbons (Fsp3) is 1.00. The summed E-state index contributed by atoms with van der Waals surface area (Å²) in [6.45, 7) is 5.70. The van der Waals surface area contributed by atoms with Crippen LogP contribution >= 0.6 is 12.6 Å². The smallest absolute Gasteiger partial charge is 0.00355 e. The summed E-state index contributed by atoms with van der Waals surface area (Å²) in [7, 11) is 2.19. The highest BCUT2D eigenvalue weighted by Crippen LogP contribution is 2.00. The first kappa shape index (κ1) is 11.3. The van der Waals surface area contributed by atoms with Crippen LogP contribution in [0, 0.1) is 0 Å². The molecule has 0 unspecified atom stereocenters. The second-order valence-electron chi connectivity index (χ2n) is 3.36. The lowest BCUT2D eigenvalue weighted by molar-refractivity contribution is 0.268. The van der Waals surface area contributed by atoms with Crippen molar-refractivity contribution < 1.29 is 0 Å². The SMILES string of the molecule is CC(C)N(C)CCCCCS. The Kier molecular flexibility index (Phi) is 7.18. The van der Waals surface area contributed by atoms with E-state index in [9.17, 15) is 0 Å². The Morgan fingerprint density at radius 3 is 2.27 bits per heavy atom. The molecule has 0 aromatic carbocycles. The van der Waals surface area contributed by atoms with Gasteiger partial charge in [-0.3, -0.25) is 0 Å². The number of nitrogens with zero attached hydrogens (tertiary/aromatic N) is 1. The number of unbranched alkanes of at least 4 members (excludes halogenated alkanes) is 2. The fourth-order valence-electron chi connectivity index (χ4n) is 0.908. The molecule has 0 fully saturated rings. The van der Waals surface area contributed by atoms with Crippen molar-refractivity contribution in [1.82, 2.24) is 4.90 Å². The predicted octanol–water partition coefficient (Wildman–Crippen LogP) is 2.43. The van der Waals surface area contributed by atoms with Crippen molar-refractivity contribution in [3.8, 4) is 0 Å². The second-order valence-corrected chi connectivity index (χ2v) is 3.81. The lowest BCUT2D eigenvalue weighted by Gasteiger charge is -2.20. The van der Waals surface area contributed by atoms with E-state index in [1.165, 1.54) is 25.8 Å². The van der Waals surface area contributed by atoms with Gasteiger partial charge < -0.3 is 4.90 Å². The molecule has 0 amide bonds. The number of rotatable bonds is 6. The lowest BCUT2D eigenvalue weighted by atomic mass is 10.2. The van der Waals surface area contributed by atoms with Gasteiger partial charge in [0.15, 0.2) is 0 Å². The Bertz CT molecular complexity index is 83.6. The summed E-state index contributed by atoms with van der Waals surface area (Å²) < 4.78 is 0. The van der Waals surface area contributed by atoms with Crippen LogP contribution in [-0.4, -0.2) is 30.3 Å². The summed E-state index contributed by atoms with van der Waals surface area (Å²) in [5, 5.41) is 0. The van der Waals surface area contributed by atoms with E-state index in [0.29, 0.717) is 6.04 Å². The Labute approximate surface area is 76.6 Å². The first-order valence-electron chi connectivity index (χ1n) is 4.49. The molecule has 68 valence electrons. The molecule has 0 aliphatic carbocycles. The Morgan fingerprint density at radius 1 is 1.18 bits per heavy atom. The van der Waals surface area contributed by atoms with Crippen LogP contribution < -0.4 is 0 Å². The van der Waals surface area contributed by atoms with E-state index in [2.05, 4.69) is 38.4 Å². The minimum absolute atomic E-state index is 0.686. The highest BCUT2D eigenvalue weighted by molar-refractivity contribution is 7.80. The molecule has 0 aromatic heterocycles. The van der Waals surface area contributed by atoms with Crippen LogP contribution in [0.25, 0.3) is 0 Å². The normalized spacial score (nSPS) is 11.5. The van der Waals surface area contributed by atoms with Crippen molar-refractivity contribution in [3.63, 3.8) is 0 Å². The molecule has 0 bridgehead atoms. The summed E-state index contributed by atoms with van der Waals surface area (Å²) in [6.07, 6.45) is 3.89. The van der Waals surface area contributed by atoms with Crippen molar-refractivity contribution in [3.05, 3.63) is 0 Å². The molecule has 0 aliphatic rings. The minimum Gasteiger partial charge on any atom is -0.304 e. The van der Waals surface area contributed by atoms with E-state index in [1.54, 1.807) is 0 Å².